The summed E-state index contributed by atoms with van der Waals surface area (Å²) in [6, 6.07) is 0.648. The smallest absolute Gasteiger partial charge is 0.0518 e. The van der Waals surface area contributed by atoms with Crippen LogP contribution in [0.5, 0.6) is 0 Å². The van der Waals surface area contributed by atoms with E-state index in [1.54, 1.807) is 0 Å². The number of rotatable bonds is 5. The lowest BCUT2D eigenvalue weighted by molar-refractivity contribution is 0.0682. The molecule has 0 aromatic rings. The molecule has 1 heterocycles. The standard InChI is InChI=1S/C11H24N2O/c1-10(2)14-8-4-6-13-7-5-12-11(3)9-13/h10-12H,4-9H2,1-3H3. The third-order valence-corrected chi connectivity index (χ3v) is 2.52. The normalized spacial score (nSPS) is 24.4. The molecule has 1 aliphatic heterocycles. The fourth-order valence-electron chi connectivity index (χ4n) is 1.82. The minimum atomic E-state index is 0.372. The summed E-state index contributed by atoms with van der Waals surface area (Å²) < 4.78 is 5.52. The largest absolute Gasteiger partial charge is 0.379 e. The van der Waals surface area contributed by atoms with Gasteiger partial charge in [0.2, 0.25) is 0 Å². The van der Waals surface area contributed by atoms with Crippen LogP contribution in [0.2, 0.25) is 0 Å². The van der Waals surface area contributed by atoms with Gasteiger partial charge >= 0.3 is 0 Å². The van der Waals surface area contributed by atoms with E-state index in [-0.39, 0.29) is 0 Å². The predicted molar refractivity (Wildman–Crippen MR) is 59.6 cm³/mol. The van der Waals surface area contributed by atoms with Crippen molar-refractivity contribution in [3.63, 3.8) is 0 Å². The van der Waals surface area contributed by atoms with Gasteiger partial charge < -0.3 is 15.0 Å². The van der Waals surface area contributed by atoms with Crippen molar-refractivity contribution in [2.75, 3.05) is 32.8 Å². The maximum atomic E-state index is 5.52. The number of piperazine rings is 1. The van der Waals surface area contributed by atoms with E-state index >= 15 is 0 Å². The van der Waals surface area contributed by atoms with Gasteiger partial charge in [-0.2, -0.15) is 0 Å². The van der Waals surface area contributed by atoms with E-state index in [1.807, 2.05) is 0 Å². The summed E-state index contributed by atoms with van der Waals surface area (Å²) in [5, 5.41) is 3.45. The Morgan fingerprint density at radius 1 is 1.50 bits per heavy atom. The van der Waals surface area contributed by atoms with Crippen LogP contribution in [0.4, 0.5) is 0 Å². The highest BCUT2D eigenvalue weighted by Gasteiger charge is 2.14. The van der Waals surface area contributed by atoms with Crippen LogP contribution in [0.1, 0.15) is 27.2 Å². The van der Waals surface area contributed by atoms with E-state index in [0.717, 1.165) is 19.6 Å². The van der Waals surface area contributed by atoms with Crippen molar-refractivity contribution in [2.45, 2.75) is 39.3 Å². The van der Waals surface area contributed by atoms with Crippen molar-refractivity contribution in [1.29, 1.82) is 0 Å². The molecule has 1 rings (SSSR count). The molecular weight excluding hydrogens is 176 g/mol. The van der Waals surface area contributed by atoms with Gasteiger partial charge in [0.05, 0.1) is 6.10 Å². The molecule has 0 amide bonds. The predicted octanol–water partition coefficient (Wildman–Crippen LogP) is 1.10. The first-order valence-electron chi connectivity index (χ1n) is 5.76. The van der Waals surface area contributed by atoms with Crippen LogP contribution in [0, 0.1) is 0 Å². The third-order valence-electron chi connectivity index (χ3n) is 2.52. The Balaban J connectivity index is 2.00. The van der Waals surface area contributed by atoms with E-state index in [4.69, 9.17) is 4.74 Å². The van der Waals surface area contributed by atoms with Crippen molar-refractivity contribution >= 4 is 0 Å². The van der Waals surface area contributed by atoms with Crippen LogP contribution < -0.4 is 5.32 Å². The summed E-state index contributed by atoms with van der Waals surface area (Å²) in [5.74, 6) is 0. The molecule has 0 aliphatic carbocycles. The average molecular weight is 200 g/mol. The van der Waals surface area contributed by atoms with Gasteiger partial charge in [0.15, 0.2) is 0 Å². The molecule has 0 aromatic heterocycles. The zero-order chi connectivity index (χ0) is 10.4. The van der Waals surface area contributed by atoms with E-state index in [2.05, 4.69) is 31.0 Å². The molecule has 84 valence electrons. The van der Waals surface area contributed by atoms with Gasteiger partial charge in [-0.15, -0.1) is 0 Å². The molecule has 3 nitrogen and oxygen atoms in total. The van der Waals surface area contributed by atoms with E-state index < -0.39 is 0 Å². The van der Waals surface area contributed by atoms with Crippen molar-refractivity contribution < 1.29 is 4.74 Å². The molecule has 0 aromatic carbocycles. The summed E-state index contributed by atoms with van der Waals surface area (Å²) in [6.07, 6.45) is 1.53. The SMILES string of the molecule is CC1CN(CCCOC(C)C)CCN1. The number of nitrogens with one attached hydrogen (secondary N) is 1. The van der Waals surface area contributed by atoms with Crippen LogP contribution in [-0.4, -0.2) is 49.8 Å². The minimum absolute atomic E-state index is 0.372. The zero-order valence-electron chi connectivity index (χ0n) is 9.75. The number of ether oxygens (including phenoxy) is 1. The Bertz CT molecular complexity index is 150. The molecule has 0 bridgehead atoms. The minimum Gasteiger partial charge on any atom is -0.379 e. The second-order valence-electron chi connectivity index (χ2n) is 4.43. The quantitative estimate of drug-likeness (QED) is 0.673. The topological polar surface area (TPSA) is 24.5 Å². The Kier molecular flexibility index (Phi) is 5.45. The van der Waals surface area contributed by atoms with Crippen LogP contribution in [0.3, 0.4) is 0 Å². The average Bonchev–Trinajstić information content (AvgIpc) is 2.12. The van der Waals surface area contributed by atoms with Crippen molar-refractivity contribution in [3.05, 3.63) is 0 Å². The first kappa shape index (κ1) is 12.0. The molecule has 1 fully saturated rings. The lowest BCUT2D eigenvalue weighted by Crippen LogP contribution is -2.49. The van der Waals surface area contributed by atoms with Gasteiger partial charge in [0.1, 0.15) is 0 Å². The lowest BCUT2D eigenvalue weighted by Gasteiger charge is -2.31. The van der Waals surface area contributed by atoms with Gasteiger partial charge in [-0.25, -0.2) is 0 Å². The number of hydrogen-bond donors (Lipinski definition) is 1. The Morgan fingerprint density at radius 2 is 2.29 bits per heavy atom. The lowest BCUT2D eigenvalue weighted by atomic mass is 10.2. The fourth-order valence-corrected chi connectivity index (χ4v) is 1.82. The van der Waals surface area contributed by atoms with Crippen molar-refractivity contribution in [3.8, 4) is 0 Å². The van der Waals surface area contributed by atoms with E-state index in [1.165, 1.54) is 19.6 Å². The molecule has 0 saturated carbocycles. The molecule has 1 atom stereocenters. The summed E-state index contributed by atoms with van der Waals surface area (Å²) in [4.78, 5) is 2.52. The molecule has 3 heteroatoms. The maximum Gasteiger partial charge on any atom is 0.0518 e. The molecular formula is C11H24N2O. The molecule has 1 unspecified atom stereocenters. The molecule has 14 heavy (non-hydrogen) atoms. The Morgan fingerprint density at radius 3 is 2.93 bits per heavy atom. The third kappa shape index (κ3) is 4.94. The Hall–Kier alpha value is -0.120. The van der Waals surface area contributed by atoms with Crippen LogP contribution in [-0.2, 0) is 4.74 Å². The summed E-state index contributed by atoms with van der Waals surface area (Å²) in [7, 11) is 0. The second-order valence-corrected chi connectivity index (χ2v) is 4.43. The van der Waals surface area contributed by atoms with Gasteiger partial charge in [-0.1, -0.05) is 0 Å². The highest BCUT2D eigenvalue weighted by Crippen LogP contribution is 2.00. The van der Waals surface area contributed by atoms with Gasteiger partial charge in [-0.05, 0) is 27.2 Å². The Labute approximate surface area is 87.8 Å². The van der Waals surface area contributed by atoms with Crippen LogP contribution in [0.15, 0.2) is 0 Å². The molecule has 1 saturated heterocycles. The first-order valence-corrected chi connectivity index (χ1v) is 5.76. The van der Waals surface area contributed by atoms with Gasteiger partial charge in [0.25, 0.3) is 0 Å². The number of hydrogen-bond acceptors (Lipinski definition) is 3. The highest BCUT2D eigenvalue weighted by molar-refractivity contribution is 4.74. The van der Waals surface area contributed by atoms with Crippen molar-refractivity contribution in [1.82, 2.24) is 10.2 Å². The zero-order valence-corrected chi connectivity index (χ0v) is 9.75. The monoisotopic (exact) mass is 200 g/mol. The fraction of sp³-hybridized carbons (Fsp3) is 1.00. The van der Waals surface area contributed by atoms with E-state index in [9.17, 15) is 0 Å². The molecule has 1 N–H and O–H groups in total. The summed E-state index contributed by atoms with van der Waals surface area (Å²) in [6.45, 7) is 12.0. The molecule has 0 radical (unpaired) electrons. The molecule has 1 aliphatic rings. The first-order chi connectivity index (χ1) is 6.68. The second kappa shape index (κ2) is 6.38. The maximum absolute atomic E-state index is 5.52. The van der Waals surface area contributed by atoms with Gasteiger partial charge in [0, 0.05) is 38.8 Å². The van der Waals surface area contributed by atoms with Gasteiger partial charge in [-0.3, -0.25) is 0 Å². The van der Waals surface area contributed by atoms with E-state index in [0.29, 0.717) is 12.1 Å². The summed E-state index contributed by atoms with van der Waals surface area (Å²) >= 11 is 0. The summed E-state index contributed by atoms with van der Waals surface area (Å²) in [5.41, 5.74) is 0. The van der Waals surface area contributed by atoms with Crippen LogP contribution in [0.25, 0.3) is 0 Å². The van der Waals surface area contributed by atoms with Crippen molar-refractivity contribution in [2.24, 2.45) is 0 Å². The highest BCUT2D eigenvalue weighted by atomic mass is 16.5. The molecule has 0 spiro atoms. The number of nitrogens with zero attached hydrogens (tertiary/aromatic N) is 1. The van der Waals surface area contributed by atoms with Crippen LogP contribution >= 0.6 is 0 Å².